The summed E-state index contributed by atoms with van der Waals surface area (Å²) in [4.78, 5) is 4.62. The molecular weight excluding hydrogens is 214 g/mol. The van der Waals surface area contributed by atoms with Crippen molar-refractivity contribution in [3.8, 4) is 0 Å². The van der Waals surface area contributed by atoms with Gasteiger partial charge in [-0.15, -0.1) is 0 Å². The molecule has 0 amide bonds. The molecule has 0 aliphatic carbocycles. The fourth-order valence-corrected chi connectivity index (χ4v) is 2.09. The number of benzene rings is 1. The number of hydrogen-bond donors (Lipinski definition) is 2. The summed E-state index contributed by atoms with van der Waals surface area (Å²) < 4.78 is 2.16. The van der Waals surface area contributed by atoms with Crippen LogP contribution in [0.5, 0.6) is 0 Å². The van der Waals surface area contributed by atoms with Crippen LogP contribution in [0.25, 0.3) is 11.0 Å². The van der Waals surface area contributed by atoms with Crippen molar-refractivity contribution in [3.63, 3.8) is 0 Å². The molecule has 0 spiro atoms. The fourth-order valence-electron chi connectivity index (χ4n) is 2.09. The fraction of sp³-hybridized carbons (Fsp3) is 0.462. The number of aliphatic hydroxyl groups excluding tert-OH is 1. The minimum absolute atomic E-state index is 0.194. The molecule has 4 heteroatoms. The van der Waals surface area contributed by atoms with Gasteiger partial charge in [-0.3, -0.25) is 0 Å². The lowest BCUT2D eigenvalue weighted by Gasteiger charge is -2.10. The molecule has 0 saturated carbocycles. The second-order valence-electron chi connectivity index (χ2n) is 4.57. The molecule has 4 nitrogen and oxygen atoms in total. The Morgan fingerprint density at radius 2 is 2.18 bits per heavy atom. The lowest BCUT2D eigenvalue weighted by molar-refractivity contribution is 0.279. The Morgan fingerprint density at radius 1 is 1.41 bits per heavy atom. The van der Waals surface area contributed by atoms with Gasteiger partial charge < -0.3 is 15.4 Å². The van der Waals surface area contributed by atoms with Crippen LogP contribution in [-0.2, 0) is 6.54 Å². The molecule has 92 valence electrons. The van der Waals surface area contributed by atoms with Crippen LogP contribution in [-0.4, -0.2) is 21.3 Å². The van der Waals surface area contributed by atoms with E-state index in [-0.39, 0.29) is 6.61 Å². The number of aryl methyl sites for hydroxylation is 1. The van der Waals surface area contributed by atoms with E-state index < -0.39 is 0 Å². The molecule has 0 fully saturated rings. The Labute approximate surface area is 101 Å². The average molecular weight is 233 g/mol. The maximum atomic E-state index is 8.96. The molecule has 0 atom stereocenters. The number of para-hydroxylation sites is 1. The first kappa shape index (κ1) is 11.9. The van der Waals surface area contributed by atoms with E-state index in [0.29, 0.717) is 11.6 Å². The van der Waals surface area contributed by atoms with Gasteiger partial charge in [0.1, 0.15) is 11.3 Å². The van der Waals surface area contributed by atoms with E-state index in [4.69, 9.17) is 10.8 Å². The highest BCUT2D eigenvalue weighted by atomic mass is 16.3. The van der Waals surface area contributed by atoms with Crippen LogP contribution < -0.4 is 5.73 Å². The van der Waals surface area contributed by atoms with Gasteiger partial charge in [0.15, 0.2) is 0 Å². The van der Waals surface area contributed by atoms with Gasteiger partial charge in [-0.2, -0.15) is 0 Å². The van der Waals surface area contributed by atoms with Gasteiger partial charge in [0.05, 0.1) is 11.2 Å². The molecule has 0 unspecified atom stereocenters. The van der Waals surface area contributed by atoms with E-state index in [1.165, 1.54) is 0 Å². The summed E-state index contributed by atoms with van der Waals surface area (Å²) >= 11 is 0. The maximum absolute atomic E-state index is 8.96. The second kappa shape index (κ2) is 4.75. The van der Waals surface area contributed by atoms with E-state index in [9.17, 15) is 0 Å². The SMILES string of the molecule is CC(C)c1nc2c(N)cccc2n1CCCO. The summed E-state index contributed by atoms with van der Waals surface area (Å²) in [6.07, 6.45) is 0.736. The van der Waals surface area contributed by atoms with Gasteiger partial charge in [-0.1, -0.05) is 19.9 Å². The van der Waals surface area contributed by atoms with Crippen LogP contribution in [0, 0.1) is 0 Å². The molecule has 0 radical (unpaired) electrons. The summed E-state index contributed by atoms with van der Waals surface area (Å²) in [6.45, 7) is 5.21. The topological polar surface area (TPSA) is 64.1 Å². The standard InChI is InChI=1S/C13H19N3O/c1-9(2)13-15-12-10(14)5-3-6-11(12)16(13)7-4-8-17/h3,5-6,9,17H,4,7-8,14H2,1-2H3. The molecule has 17 heavy (non-hydrogen) atoms. The third kappa shape index (κ3) is 2.13. The molecule has 1 aromatic heterocycles. The third-order valence-electron chi connectivity index (χ3n) is 2.90. The quantitative estimate of drug-likeness (QED) is 0.795. The monoisotopic (exact) mass is 233 g/mol. The molecule has 1 aromatic carbocycles. The van der Waals surface area contributed by atoms with Gasteiger partial charge in [0.2, 0.25) is 0 Å². The van der Waals surface area contributed by atoms with Gasteiger partial charge in [-0.25, -0.2) is 4.98 Å². The first-order chi connectivity index (χ1) is 8.15. The lowest BCUT2D eigenvalue weighted by Crippen LogP contribution is -2.06. The Bertz CT molecular complexity index is 517. The van der Waals surface area contributed by atoms with Crippen LogP contribution in [0.3, 0.4) is 0 Å². The highest BCUT2D eigenvalue weighted by Gasteiger charge is 2.14. The summed E-state index contributed by atoms with van der Waals surface area (Å²) in [5.74, 6) is 1.38. The third-order valence-corrected chi connectivity index (χ3v) is 2.90. The van der Waals surface area contributed by atoms with Crippen molar-refractivity contribution in [2.45, 2.75) is 32.7 Å². The van der Waals surface area contributed by atoms with Crippen molar-refractivity contribution in [2.24, 2.45) is 0 Å². The summed E-state index contributed by atoms with van der Waals surface area (Å²) in [6, 6.07) is 5.84. The second-order valence-corrected chi connectivity index (χ2v) is 4.57. The summed E-state index contributed by atoms with van der Waals surface area (Å²) in [7, 11) is 0. The first-order valence-electron chi connectivity index (χ1n) is 6.00. The van der Waals surface area contributed by atoms with E-state index in [1.54, 1.807) is 0 Å². The summed E-state index contributed by atoms with van der Waals surface area (Å²) in [5.41, 5.74) is 8.58. The van der Waals surface area contributed by atoms with Crippen molar-refractivity contribution in [1.82, 2.24) is 9.55 Å². The molecule has 0 bridgehead atoms. The van der Waals surface area contributed by atoms with Crippen molar-refractivity contribution in [2.75, 3.05) is 12.3 Å². The lowest BCUT2D eigenvalue weighted by atomic mass is 10.2. The molecular formula is C13H19N3O. The Hall–Kier alpha value is -1.55. The predicted octanol–water partition coefficient (Wildman–Crippen LogP) is 2.12. The van der Waals surface area contributed by atoms with Crippen molar-refractivity contribution in [1.29, 1.82) is 0 Å². The number of aliphatic hydroxyl groups is 1. The van der Waals surface area contributed by atoms with Crippen molar-refractivity contribution in [3.05, 3.63) is 24.0 Å². The van der Waals surface area contributed by atoms with E-state index >= 15 is 0 Å². The highest BCUT2D eigenvalue weighted by Crippen LogP contribution is 2.25. The van der Waals surface area contributed by atoms with Gasteiger partial charge in [0.25, 0.3) is 0 Å². The minimum Gasteiger partial charge on any atom is -0.397 e. The zero-order valence-corrected chi connectivity index (χ0v) is 10.3. The number of fused-ring (bicyclic) bond motifs is 1. The van der Waals surface area contributed by atoms with Crippen molar-refractivity contribution >= 4 is 16.7 Å². The van der Waals surface area contributed by atoms with Gasteiger partial charge in [-0.05, 0) is 18.6 Å². The smallest absolute Gasteiger partial charge is 0.112 e. The zero-order chi connectivity index (χ0) is 12.4. The maximum Gasteiger partial charge on any atom is 0.112 e. The van der Waals surface area contributed by atoms with Crippen LogP contribution in [0.2, 0.25) is 0 Å². The first-order valence-corrected chi connectivity index (χ1v) is 6.00. The Kier molecular flexibility index (Phi) is 3.33. The molecule has 1 heterocycles. The molecule has 3 N–H and O–H groups in total. The number of rotatable bonds is 4. The van der Waals surface area contributed by atoms with E-state index in [1.807, 2.05) is 18.2 Å². The van der Waals surface area contributed by atoms with Gasteiger partial charge in [0, 0.05) is 19.1 Å². The number of nitrogen functional groups attached to an aromatic ring is 1. The highest BCUT2D eigenvalue weighted by molar-refractivity contribution is 5.87. The van der Waals surface area contributed by atoms with Gasteiger partial charge >= 0.3 is 0 Å². The zero-order valence-electron chi connectivity index (χ0n) is 10.3. The number of imidazole rings is 1. The van der Waals surface area contributed by atoms with E-state index in [2.05, 4.69) is 23.4 Å². The molecule has 0 aliphatic rings. The number of anilines is 1. The Balaban J connectivity index is 2.59. The largest absolute Gasteiger partial charge is 0.397 e. The normalized spacial score (nSPS) is 11.5. The average Bonchev–Trinajstić information content (AvgIpc) is 2.67. The van der Waals surface area contributed by atoms with Crippen LogP contribution >= 0.6 is 0 Å². The number of nitrogens with zero attached hydrogens (tertiary/aromatic N) is 2. The molecule has 0 aliphatic heterocycles. The van der Waals surface area contributed by atoms with Crippen molar-refractivity contribution < 1.29 is 5.11 Å². The van der Waals surface area contributed by atoms with Crippen LogP contribution in [0.15, 0.2) is 18.2 Å². The van der Waals surface area contributed by atoms with E-state index in [0.717, 1.165) is 29.8 Å². The summed E-state index contributed by atoms with van der Waals surface area (Å²) in [5, 5.41) is 8.96. The van der Waals surface area contributed by atoms with Crippen LogP contribution in [0.1, 0.15) is 32.0 Å². The predicted molar refractivity (Wildman–Crippen MR) is 69.9 cm³/mol. The number of aromatic nitrogens is 2. The number of nitrogens with two attached hydrogens (primary N) is 1. The number of hydrogen-bond acceptors (Lipinski definition) is 3. The minimum atomic E-state index is 0.194. The molecule has 2 aromatic rings. The Morgan fingerprint density at radius 3 is 2.82 bits per heavy atom. The molecule has 0 saturated heterocycles. The van der Waals surface area contributed by atoms with Crippen LogP contribution in [0.4, 0.5) is 5.69 Å². The molecule has 2 rings (SSSR count).